The Balaban J connectivity index is 1.85. The van der Waals surface area contributed by atoms with Crippen LogP contribution in [0.25, 0.3) is 0 Å². The molecule has 1 saturated carbocycles. The number of carbonyl (C=O) groups is 1. The Morgan fingerprint density at radius 2 is 1.83 bits per heavy atom. The highest BCUT2D eigenvalue weighted by molar-refractivity contribution is 5.74. The van der Waals surface area contributed by atoms with Crippen molar-refractivity contribution >= 4 is 6.03 Å². The summed E-state index contributed by atoms with van der Waals surface area (Å²) in [5.41, 5.74) is -0.0668. The molecule has 4 unspecified atom stereocenters. The van der Waals surface area contributed by atoms with Crippen LogP contribution in [0.1, 0.15) is 60.3 Å². The lowest BCUT2D eigenvalue weighted by Gasteiger charge is -2.45. The van der Waals surface area contributed by atoms with Crippen LogP contribution in [-0.4, -0.2) is 66.3 Å². The first-order valence-corrected chi connectivity index (χ1v) is 9.60. The summed E-state index contributed by atoms with van der Waals surface area (Å²) in [6, 6.07) is 0.455. The largest absolute Gasteiger partial charge is 0.373 e. The van der Waals surface area contributed by atoms with Crippen LogP contribution in [0.5, 0.6) is 0 Å². The quantitative estimate of drug-likeness (QED) is 0.856. The van der Waals surface area contributed by atoms with Crippen molar-refractivity contribution in [1.29, 1.82) is 0 Å². The fourth-order valence-corrected chi connectivity index (χ4v) is 4.12. The maximum Gasteiger partial charge on any atom is 0.317 e. The lowest BCUT2D eigenvalue weighted by molar-refractivity contribution is -0.0948. The Hall–Kier alpha value is -0.810. The van der Waals surface area contributed by atoms with Crippen LogP contribution in [0.2, 0.25) is 0 Å². The highest BCUT2D eigenvalue weighted by Gasteiger charge is 2.34. The maximum atomic E-state index is 12.6. The Labute approximate surface area is 148 Å². The fourth-order valence-electron chi connectivity index (χ4n) is 4.12. The van der Waals surface area contributed by atoms with E-state index in [0.29, 0.717) is 12.6 Å². The minimum absolute atomic E-state index is 0.0662. The average molecular weight is 340 g/mol. The van der Waals surface area contributed by atoms with Gasteiger partial charge in [-0.15, -0.1) is 0 Å². The zero-order valence-corrected chi connectivity index (χ0v) is 16.5. The van der Waals surface area contributed by atoms with Gasteiger partial charge in [-0.05, 0) is 46.5 Å². The van der Waals surface area contributed by atoms with Gasteiger partial charge < -0.3 is 15.0 Å². The van der Waals surface area contributed by atoms with Crippen molar-refractivity contribution in [2.24, 2.45) is 5.92 Å². The molecule has 140 valence electrons. The summed E-state index contributed by atoms with van der Waals surface area (Å²) < 4.78 is 5.83. The molecule has 5 heteroatoms. The molecule has 2 amide bonds. The van der Waals surface area contributed by atoms with E-state index in [0.717, 1.165) is 31.8 Å². The third-order valence-corrected chi connectivity index (χ3v) is 5.72. The first kappa shape index (κ1) is 19.5. The van der Waals surface area contributed by atoms with Crippen LogP contribution in [0.4, 0.5) is 4.79 Å². The van der Waals surface area contributed by atoms with E-state index in [9.17, 15) is 4.79 Å². The zero-order valence-electron chi connectivity index (χ0n) is 16.5. The topological polar surface area (TPSA) is 44.8 Å². The van der Waals surface area contributed by atoms with Crippen LogP contribution in [-0.2, 0) is 4.74 Å². The number of carbonyl (C=O) groups excluding carboxylic acids is 1. The molecule has 1 saturated heterocycles. The standard InChI is InChI=1S/C19H37N3O2/c1-14-8-7-9-17(10-14)21(6)18(23)20-13-19(4,5)22-11-15(2)24-16(3)12-22/h14-17H,7-13H2,1-6H3,(H,20,23). The molecule has 1 heterocycles. The Kier molecular flexibility index (Phi) is 6.54. The van der Waals surface area contributed by atoms with Crippen LogP contribution in [0, 0.1) is 5.92 Å². The van der Waals surface area contributed by atoms with Crippen LogP contribution in [0.3, 0.4) is 0 Å². The number of morpholine rings is 1. The number of nitrogens with zero attached hydrogens (tertiary/aromatic N) is 2. The lowest BCUT2D eigenvalue weighted by Crippen LogP contribution is -2.59. The second kappa shape index (κ2) is 8.05. The van der Waals surface area contributed by atoms with Gasteiger partial charge in [0, 0.05) is 38.3 Å². The number of amides is 2. The normalized spacial score (nSPS) is 32.4. The minimum atomic E-state index is -0.0668. The third-order valence-electron chi connectivity index (χ3n) is 5.72. The van der Waals surface area contributed by atoms with E-state index in [1.807, 2.05) is 11.9 Å². The van der Waals surface area contributed by atoms with Crippen molar-refractivity contribution < 1.29 is 9.53 Å². The van der Waals surface area contributed by atoms with Gasteiger partial charge in [-0.3, -0.25) is 4.90 Å². The molecule has 2 fully saturated rings. The van der Waals surface area contributed by atoms with Crippen molar-refractivity contribution in [3.8, 4) is 0 Å². The summed E-state index contributed by atoms with van der Waals surface area (Å²) in [6.07, 6.45) is 5.29. The number of urea groups is 1. The number of rotatable bonds is 4. The molecular weight excluding hydrogens is 302 g/mol. The molecule has 0 radical (unpaired) electrons. The van der Waals surface area contributed by atoms with Gasteiger partial charge in [-0.25, -0.2) is 4.79 Å². The van der Waals surface area contributed by atoms with E-state index < -0.39 is 0 Å². The maximum absolute atomic E-state index is 12.6. The first-order chi connectivity index (χ1) is 11.2. The smallest absolute Gasteiger partial charge is 0.317 e. The van der Waals surface area contributed by atoms with Crippen LogP contribution < -0.4 is 5.32 Å². The molecule has 0 aromatic rings. The molecule has 5 nitrogen and oxygen atoms in total. The van der Waals surface area contributed by atoms with Gasteiger partial charge in [0.25, 0.3) is 0 Å². The van der Waals surface area contributed by atoms with Gasteiger partial charge in [0.15, 0.2) is 0 Å². The zero-order chi connectivity index (χ0) is 17.9. The van der Waals surface area contributed by atoms with E-state index in [-0.39, 0.29) is 23.8 Å². The highest BCUT2D eigenvalue weighted by Crippen LogP contribution is 2.27. The SMILES string of the molecule is CC1CCCC(N(C)C(=O)NCC(C)(C)N2CC(C)OC(C)C2)C1. The van der Waals surface area contributed by atoms with Crippen LogP contribution in [0.15, 0.2) is 0 Å². The molecule has 2 rings (SSSR count). The van der Waals surface area contributed by atoms with E-state index in [1.165, 1.54) is 12.8 Å². The monoisotopic (exact) mass is 339 g/mol. The predicted molar refractivity (Wildman–Crippen MR) is 98.2 cm³/mol. The number of ether oxygens (including phenoxy) is 1. The van der Waals surface area contributed by atoms with Gasteiger partial charge in [0.05, 0.1) is 12.2 Å². The Morgan fingerprint density at radius 3 is 2.42 bits per heavy atom. The van der Waals surface area contributed by atoms with E-state index >= 15 is 0 Å². The summed E-state index contributed by atoms with van der Waals surface area (Å²) in [6.45, 7) is 13.5. The van der Waals surface area contributed by atoms with Crippen molar-refractivity contribution in [2.45, 2.75) is 84.1 Å². The molecule has 1 N–H and O–H groups in total. The van der Waals surface area contributed by atoms with Gasteiger partial charge in [-0.1, -0.05) is 19.8 Å². The lowest BCUT2D eigenvalue weighted by atomic mass is 9.86. The van der Waals surface area contributed by atoms with Gasteiger partial charge >= 0.3 is 6.03 Å². The molecule has 2 aliphatic rings. The van der Waals surface area contributed by atoms with E-state index in [4.69, 9.17) is 4.74 Å². The van der Waals surface area contributed by atoms with Crippen LogP contribution >= 0.6 is 0 Å². The van der Waals surface area contributed by atoms with E-state index in [1.54, 1.807) is 0 Å². The van der Waals surface area contributed by atoms with Crippen molar-refractivity contribution in [3.63, 3.8) is 0 Å². The number of hydrogen-bond donors (Lipinski definition) is 1. The second-order valence-corrected chi connectivity index (χ2v) is 8.67. The molecule has 1 aliphatic carbocycles. The summed E-state index contributed by atoms with van der Waals surface area (Å²) in [4.78, 5) is 16.9. The third kappa shape index (κ3) is 5.09. The summed E-state index contributed by atoms with van der Waals surface area (Å²) in [7, 11) is 1.95. The minimum Gasteiger partial charge on any atom is -0.373 e. The summed E-state index contributed by atoms with van der Waals surface area (Å²) in [5, 5.41) is 3.17. The molecular formula is C19H37N3O2. The fraction of sp³-hybridized carbons (Fsp3) is 0.947. The highest BCUT2D eigenvalue weighted by atomic mass is 16.5. The van der Waals surface area contributed by atoms with Gasteiger partial charge in [0.1, 0.15) is 0 Å². The second-order valence-electron chi connectivity index (χ2n) is 8.67. The molecule has 4 atom stereocenters. The Bertz CT molecular complexity index is 417. The molecule has 0 bridgehead atoms. The van der Waals surface area contributed by atoms with Crippen molar-refractivity contribution in [2.75, 3.05) is 26.7 Å². The van der Waals surface area contributed by atoms with Crippen molar-refractivity contribution in [1.82, 2.24) is 15.1 Å². The predicted octanol–water partition coefficient (Wildman–Crippen LogP) is 3.09. The molecule has 0 aromatic carbocycles. The van der Waals surface area contributed by atoms with Gasteiger partial charge in [-0.2, -0.15) is 0 Å². The number of hydrogen-bond acceptors (Lipinski definition) is 3. The molecule has 0 spiro atoms. The summed E-state index contributed by atoms with van der Waals surface area (Å²) in [5.74, 6) is 0.728. The van der Waals surface area contributed by atoms with E-state index in [2.05, 4.69) is 44.8 Å². The molecule has 1 aliphatic heterocycles. The molecule has 24 heavy (non-hydrogen) atoms. The molecule has 0 aromatic heterocycles. The average Bonchev–Trinajstić information content (AvgIpc) is 2.51. The first-order valence-electron chi connectivity index (χ1n) is 9.60. The number of nitrogens with one attached hydrogen (secondary N) is 1. The summed E-state index contributed by atoms with van der Waals surface area (Å²) >= 11 is 0. The van der Waals surface area contributed by atoms with Gasteiger partial charge in [0.2, 0.25) is 0 Å². The Morgan fingerprint density at radius 1 is 1.21 bits per heavy atom. The van der Waals surface area contributed by atoms with Crippen molar-refractivity contribution in [3.05, 3.63) is 0 Å².